The Balaban J connectivity index is 2.15. The van der Waals surface area contributed by atoms with Crippen molar-refractivity contribution in [3.05, 3.63) is 41.5 Å². The van der Waals surface area contributed by atoms with Crippen LogP contribution in [0.15, 0.2) is 40.8 Å². The molecule has 0 aliphatic heterocycles. The minimum Gasteiger partial charge on any atom is -0.289 e. The van der Waals surface area contributed by atoms with Crippen LogP contribution in [0.5, 0.6) is 0 Å². The topological polar surface area (TPSA) is 17.1 Å². The average Bonchev–Trinajstić information content (AvgIpc) is 2.67. The maximum absolute atomic E-state index is 12.3. The van der Waals surface area contributed by atoms with E-state index in [1.165, 1.54) is 17.7 Å². The lowest BCUT2D eigenvalue weighted by Crippen LogP contribution is -2.03. The van der Waals surface area contributed by atoms with Gasteiger partial charge in [0, 0.05) is 10.5 Å². The molecule has 17 heavy (non-hydrogen) atoms. The first-order valence-corrected chi connectivity index (χ1v) is 7.41. The molecule has 0 saturated carbocycles. The van der Waals surface area contributed by atoms with Gasteiger partial charge in [0.25, 0.3) is 0 Å². The fraction of sp³-hybridized carbons (Fsp3) is 0.400. The second-order valence-corrected chi connectivity index (χ2v) is 5.27. The van der Waals surface area contributed by atoms with E-state index in [0.29, 0.717) is 0 Å². The zero-order chi connectivity index (χ0) is 12.1. The van der Waals surface area contributed by atoms with E-state index in [1.54, 1.807) is 11.8 Å². The molecule has 1 aliphatic rings. The van der Waals surface area contributed by atoms with Crippen molar-refractivity contribution < 1.29 is 4.79 Å². The monoisotopic (exact) mass is 246 g/mol. The molecular weight excluding hydrogens is 228 g/mol. The van der Waals surface area contributed by atoms with Crippen molar-refractivity contribution in [3.63, 3.8) is 0 Å². The van der Waals surface area contributed by atoms with Crippen molar-refractivity contribution in [2.45, 2.75) is 37.0 Å². The number of hydrogen-bond acceptors (Lipinski definition) is 2. The highest BCUT2D eigenvalue weighted by atomic mass is 32.2. The highest BCUT2D eigenvalue weighted by Crippen LogP contribution is 2.22. The van der Waals surface area contributed by atoms with Gasteiger partial charge in [-0.05, 0) is 61.8 Å². The molecule has 2 heteroatoms. The Labute approximate surface area is 107 Å². The first-order valence-electron chi connectivity index (χ1n) is 6.19. The Morgan fingerprint density at radius 2 is 1.88 bits per heavy atom. The summed E-state index contributed by atoms with van der Waals surface area (Å²) in [4.78, 5) is 13.5. The van der Waals surface area contributed by atoms with Gasteiger partial charge in [-0.1, -0.05) is 12.5 Å². The lowest BCUT2D eigenvalue weighted by molar-refractivity contribution is 0.103. The van der Waals surface area contributed by atoms with Crippen LogP contribution in [0.1, 0.15) is 42.5 Å². The number of Topliss-reactive ketones (excluding diaryl/α,β-unsaturated/α-hetero) is 1. The molecule has 0 spiro atoms. The molecule has 1 aromatic carbocycles. The van der Waals surface area contributed by atoms with Crippen LogP contribution in [0.2, 0.25) is 0 Å². The van der Waals surface area contributed by atoms with Crippen LogP contribution >= 0.6 is 11.8 Å². The third kappa shape index (κ3) is 3.22. The van der Waals surface area contributed by atoms with Gasteiger partial charge in [0.15, 0.2) is 5.78 Å². The van der Waals surface area contributed by atoms with Crippen LogP contribution in [0.3, 0.4) is 0 Å². The van der Waals surface area contributed by atoms with E-state index in [1.807, 2.05) is 30.5 Å². The lowest BCUT2D eigenvalue weighted by Gasteiger charge is -2.05. The minimum absolute atomic E-state index is 0.222. The average molecular weight is 246 g/mol. The van der Waals surface area contributed by atoms with Crippen molar-refractivity contribution >= 4 is 17.5 Å². The number of carbonyl (C=O) groups is 1. The fourth-order valence-corrected chi connectivity index (χ4v) is 2.56. The van der Waals surface area contributed by atoms with Crippen LogP contribution in [-0.4, -0.2) is 12.0 Å². The molecule has 0 bridgehead atoms. The first-order chi connectivity index (χ1) is 8.31. The molecule has 0 saturated heterocycles. The van der Waals surface area contributed by atoms with Gasteiger partial charge in [-0.2, -0.15) is 0 Å². The van der Waals surface area contributed by atoms with Crippen molar-refractivity contribution in [1.82, 2.24) is 0 Å². The summed E-state index contributed by atoms with van der Waals surface area (Å²) in [6.07, 6.45) is 9.82. The van der Waals surface area contributed by atoms with Gasteiger partial charge in [0.1, 0.15) is 0 Å². The molecule has 1 aliphatic carbocycles. The van der Waals surface area contributed by atoms with Gasteiger partial charge < -0.3 is 0 Å². The molecule has 0 atom stereocenters. The fourth-order valence-electron chi connectivity index (χ4n) is 2.15. The van der Waals surface area contributed by atoms with Gasteiger partial charge in [0.05, 0.1) is 0 Å². The number of hydrogen-bond donors (Lipinski definition) is 0. The Bertz CT molecular complexity index is 417. The van der Waals surface area contributed by atoms with Gasteiger partial charge in [0.2, 0.25) is 0 Å². The molecule has 0 fully saturated rings. The van der Waals surface area contributed by atoms with Crippen molar-refractivity contribution in [3.8, 4) is 0 Å². The van der Waals surface area contributed by atoms with E-state index in [2.05, 4.69) is 6.08 Å². The third-order valence-electron chi connectivity index (χ3n) is 3.18. The van der Waals surface area contributed by atoms with Gasteiger partial charge in [-0.3, -0.25) is 4.79 Å². The third-order valence-corrected chi connectivity index (χ3v) is 3.93. The maximum Gasteiger partial charge on any atom is 0.188 e. The molecule has 0 aromatic heterocycles. The number of rotatable bonds is 3. The van der Waals surface area contributed by atoms with E-state index in [0.717, 1.165) is 30.4 Å². The number of allylic oxidation sites excluding steroid dienone is 2. The Morgan fingerprint density at radius 1 is 1.12 bits per heavy atom. The SMILES string of the molecule is CSc1ccc(C(=O)C2=CCCCCC2)cc1. The molecule has 2 rings (SSSR count). The van der Waals surface area contributed by atoms with Crippen molar-refractivity contribution in [2.75, 3.05) is 6.26 Å². The van der Waals surface area contributed by atoms with Gasteiger partial charge >= 0.3 is 0 Å². The zero-order valence-electron chi connectivity index (χ0n) is 10.2. The normalized spacial score (nSPS) is 16.2. The molecule has 90 valence electrons. The van der Waals surface area contributed by atoms with Gasteiger partial charge in [-0.25, -0.2) is 0 Å². The molecule has 0 amide bonds. The largest absolute Gasteiger partial charge is 0.289 e. The van der Waals surface area contributed by atoms with Crippen LogP contribution in [0, 0.1) is 0 Å². The van der Waals surface area contributed by atoms with E-state index in [9.17, 15) is 4.79 Å². The Kier molecular flexibility index (Phi) is 4.43. The second kappa shape index (κ2) is 6.06. The Hall–Kier alpha value is -1.02. The number of carbonyl (C=O) groups excluding carboxylic acids is 1. The van der Waals surface area contributed by atoms with Crippen molar-refractivity contribution in [1.29, 1.82) is 0 Å². The second-order valence-electron chi connectivity index (χ2n) is 4.39. The predicted octanol–water partition coefficient (Wildman–Crippen LogP) is 4.48. The highest BCUT2D eigenvalue weighted by molar-refractivity contribution is 7.98. The van der Waals surface area contributed by atoms with E-state index < -0.39 is 0 Å². The summed E-state index contributed by atoms with van der Waals surface area (Å²) in [6, 6.07) is 7.93. The van der Waals surface area contributed by atoms with Crippen LogP contribution < -0.4 is 0 Å². The minimum atomic E-state index is 0.222. The maximum atomic E-state index is 12.3. The summed E-state index contributed by atoms with van der Waals surface area (Å²) in [7, 11) is 0. The summed E-state index contributed by atoms with van der Waals surface area (Å²) < 4.78 is 0. The van der Waals surface area contributed by atoms with Crippen molar-refractivity contribution in [2.24, 2.45) is 0 Å². The molecular formula is C15H18OS. The lowest BCUT2D eigenvalue weighted by atomic mass is 10.00. The van der Waals surface area contributed by atoms with E-state index >= 15 is 0 Å². The van der Waals surface area contributed by atoms with Crippen LogP contribution in [0.4, 0.5) is 0 Å². The number of thioether (sulfide) groups is 1. The Morgan fingerprint density at radius 3 is 2.59 bits per heavy atom. The summed E-state index contributed by atoms with van der Waals surface area (Å²) in [6.45, 7) is 0. The van der Waals surface area contributed by atoms with E-state index in [-0.39, 0.29) is 5.78 Å². The number of benzene rings is 1. The number of ketones is 1. The molecule has 1 aromatic rings. The zero-order valence-corrected chi connectivity index (χ0v) is 11.1. The highest BCUT2D eigenvalue weighted by Gasteiger charge is 2.13. The smallest absolute Gasteiger partial charge is 0.188 e. The molecule has 0 heterocycles. The first kappa shape index (κ1) is 12.4. The van der Waals surface area contributed by atoms with Gasteiger partial charge in [-0.15, -0.1) is 11.8 Å². The summed E-state index contributed by atoms with van der Waals surface area (Å²) in [5.74, 6) is 0.222. The molecule has 1 nitrogen and oxygen atoms in total. The van der Waals surface area contributed by atoms with E-state index in [4.69, 9.17) is 0 Å². The van der Waals surface area contributed by atoms with Crippen LogP contribution in [-0.2, 0) is 0 Å². The molecule has 0 radical (unpaired) electrons. The summed E-state index contributed by atoms with van der Waals surface area (Å²) in [5.41, 5.74) is 1.84. The summed E-state index contributed by atoms with van der Waals surface area (Å²) in [5, 5.41) is 0. The summed E-state index contributed by atoms with van der Waals surface area (Å²) >= 11 is 1.70. The molecule has 0 unspecified atom stereocenters. The quantitative estimate of drug-likeness (QED) is 0.577. The molecule has 0 N–H and O–H groups in total. The predicted molar refractivity (Wildman–Crippen MR) is 73.7 cm³/mol. The van der Waals surface area contributed by atoms with Crippen LogP contribution in [0.25, 0.3) is 0 Å². The standard InChI is InChI=1S/C15H18OS/c1-17-14-10-8-13(9-11-14)15(16)12-6-4-2-3-5-7-12/h6,8-11H,2-5,7H2,1H3.